The van der Waals surface area contributed by atoms with Gasteiger partial charge in [-0.25, -0.2) is 0 Å². The van der Waals surface area contributed by atoms with E-state index in [2.05, 4.69) is 30.0 Å². The first-order valence-electron chi connectivity index (χ1n) is 8.00. The van der Waals surface area contributed by atoms with Crippen molar-refractivity contribution < 1.29 is 0 Å². The maximum absolute atomic E-state index is 9.66. The number of likely N-dealkylation sites (tertiary alicyclic amines) is 1. The largest absolute Gasteiger partial charge is 0.303 e. The number of nitriles is 1. The monoisotopic (exact) mass is 270 g/mol. The fraction of sp³-hybridized carbons (Fsp3) is 0.611. The lowest BCUT2D eigenvalue weighted by Crippen LogP contribution is -2.42. The SMILES string of the molecule is CCCCCCN1CCC(C#N)(c2ccccc2)CC1. The third-order valence-corrected chi connectivity index (χ3v) is 4.58. The molecule has 0 amide bonds. The molecule has 0 bridgehead atoms. The molecule has 1 aliphatic heterocycles. The smallest absolute Gasteiger partial charge is 0.0846 e. The number of piperidine rings is 1. The maximum atomic E-state index is 9.66. The van der Waals surface area contributed by atoms with Gasteiger partial charge >= 0.3 is 0 Å². The van der Waals surface area contributed by atoms with E-state index in [0.717, 1.165) is 25.9 Å². The second-order valence-electron chi connectivity index (χ2n) is 5.96. The second-order valence-corrected chi connectivity index (χ2v) is 5.96. The molecular weight excluding hydrogens is 244 g/mol. The molecule has 0 N–H and O–H groups in total. The van der Waals surface area contributed by atoms with Crippen molar-refractivity contribution in [3.8, 4) is 6.07 Å². The molecule has 0 saturated carbocycles. The molecule has 1 saturated heterocycles. The predicted octanol–water partition coefficient (Wildman–Crippen LogP) is 4.12. The van der Waals surface area contributed by atoms with Gasteiger partial charge in [-0.15, -0.1) is 0 Å². The Morgan fingerprint density at radius 1 is 1.10 bits per heavy atom. The highest BCUT2D eigenvalue weighted by atomic mass is 15.1. The lowest BCUT2D eigenvalue weighted by molar-refractivity contribution is 0.183. The number of hydrogen-bond acceptors (Lipinski definition) is 2. The third kappa shape index (κ3) is 3.61. The van der Waals surface area contributed by atoms with Crippen molar-refractivity contribution in [2.24, 2.45) is 0 Å². The van der Waals surface area contributed by atoms with E-state index in [-0.39, 0.29) is 5.41 Å². The number of nitrogens with zero attached hydrogens (tertiary/aromatic N) is 2. The van der Waals surface area contributed by atoms with Gasteiger partial charge < -0.3 is 4.90 Å². The van der Waals surface area contributed by atoms with Gasteiger partial charge in [0.25, 0.3) is 0 Å². The van der Waals surface area contributed by atoms with E-state index in [9.17, 15) is 5.26 Å². The standard InChI is InChI=1S/C18H26N2/c1-2-3-4-8-13-20-14-11-18(16-19,12-15-20)17-9-6-5-7-10-17/h5-7,9-10H,2-4,8,11-15H2,1H3. The van der Waals surface area contributed by atoms with Gasteiger partial charge in [-0.3, -0.25) is 0 Å². The van der Waals surface area contributed by atoms with Crippen LogP contribution >= 0.6 is 0 Å². The molecule has 0 unspecified atom stereocenters. The molecule has 2 rings (SSSR count). The van der Waals surface area contributed by atoms with Crippen LogP contribution in [0, 0.1) is 11.3 Å². The summed E-state index contributed by atoms with van der Waals surface area (Å²) < 4.78 is 0. The Kier molecular flexibility index (Phi) is 5.61. The zero-order chi connectivity index (χ0) is 14.3. The summed E-state index contributed by atoms with van der Waals surface area (Å²) in [6, 6.07) is 12.9. The molecule has 2 nitrogen and oxygen atoms in total. The molecule has 1 aromatic rings. The van der Waals surface area contributed by atoms with Crippen LogP contribution in [0.1, 0.15) is 51.0 Å². The van der Waals surface area contributed by atoms with Gasteiger partial charge in [0.1, 0.15) is 0 Å². The van der Waals surface area contributed by atoms with Gasteiger partial charge in [0.2, 0.25) is 0 Å². The summed E-state index contributed by atoms with van der Waals surface area (Å²) in [7, 11) is 0. The van der Waals surface area contributed by atoms with E-state index in [0.29, 0.717) is 0 Å². The predicted molar refractivity (Wildman–Crippen MR) is 83.5 cm³/mol. The minimum absolute atomic E-state index is 0.249. The van der Waals surface area contributed by atoms with Crippen LogP contribution in [-0.4, -0.2) is 24.5 Å². The molecule has 2 heteroatoms. The van der Waals surface area contributed by atoms with E-state index >= 15 is 0 Å². The number of hydrogen-bond donors (Lipinski definition) is 0. The molecule has 0 radical (unpaired) electrons. The maximum Gasteiger partial charge on any atom is 0.0846 e. The van der Waals surface area contributed by atoms with Gasteiger partial charge in [-0.05, 0) is 44.5 Å². The van der Waals surface area contributed by atoms with Crippen molar-refractivity contribution in [2.75, 3.05) is 19.6 Å². The molecular formula is C18H26N2. The lowest BCUT2D eigenvalue weighted by atomic mass is 9.74. The van der Waals surface area contributed by atoms with Crippen LogP contribution < -0.4 is 0 Å². The van der Waals surface area contributed by atoms with E-state index in [4.69, 9.17) is 0 Å². The van der Waals surface area contributed by atoms with E-state index in [1.165, 1.54) is 37.8 Å². The molecule has 0 spiro atoms. The van der Waals surface area contributed by atoms with Gasteiger partial charge in [-0.2, -0.15) is 5.26 Å². The summed E-state index contributed by atoms with van der Waals surface area (Å²) in [5.74, 6) is 0. The van der Waals surface area contributed by atoms with Crippen molar-refractivity contribution in [1.29, 1.82) is 5.26 Å². The quantitative estimate of drug-likeness (QED) is 0.727. The number of unbranched alkanes of at least 4 members (excludes halogenated alkanes) is 3. The van der Waals surface area contributed by atoms with Crippen molar-refractivity contribution in [3.63, 3.8) is 0 Å². The Balaban J connectivity index is 1.87. The van der Waals surface area contributed by atoms with Crippen LogP contribution in [0.15, 0.2) is 30.3 Å². The fourth-order valence-electron chi connectivity index (χ4n) is 3.14. The Hall–Kier alpha value is -1.33. The average molecular weight is 270 g/mol. The lowest BCUT2D eigenvalue weighted by Gasteiger charge is -2.37. The topological polar surface area (TPSA) is 27.0 Å². The van der Waals surface area contributed by atoms with Crippen LogP contribution in [0.5, 0.6) is 0 Å². The van der Waals surface area contributed by atoms with Crippen LogP contribution in [-0.2, 0) is 5.41 Å². The van der Waals surface area contributed by atoms with Crippen LogP contribution in [0.2, 0.25) is 0 Å². The average Bonchev–Trinajstić information content (AvgIpc) is 2.53. The summed E-state index contributed by atoms with van der Waals surface area (Å²) in [5.41, 5.74) is 0.953. The number of benzene rings is 1. The van der Waals surface area contributed by atoms with Crippen molar-refractivity contribution in [3.05, 3.63) is 35.9 Å². The van der Waals surface area contributed by atoms with E-state index < -0.39 is 0 Å². The third-order valence-electron chi connectivity index (χ3n) is 4.58. The highest BCUT2D eigenvalue weighted by Crippen LogP contribution is 2.34. The minimum atomic E-state index is -0.249. The first-order valence-corrected chi connectivity index (χ1v) is 8.00. The molecule has 0 aromatic heterocycles. The first-order chi connectivity index (χ1) is 9.80. The van der Waals surface area contributed by atoms with Crippen LogP contribution in [0.4, 0.5) is 0 Å². The van der Waals surface area contributed by atoms with Crippen LogP contribution in [0.25, 0.3) is 0 Å². The second kappa shape index (κ2) is 7.45. The summed E-state index contributed by atoms with van der Waals surface area (Å²) in [6.45, 7) is 5.58. The zero-order valence-corrected chi connectivity index (χ0v) is 12.6. The summed E-state index contributed by atoms with van der Waals surface area (Å²) >= 11 is 0. The van der Waals surface area contributed by atoms with E-state index in [1.54, 1.807) is 0 Å². The molecule has 108 valence electrons. The molecule has 0 atom stereocenters. The Labute approximate surface area is 123 Å². The number of rotatable bonds is 6. The van der Waals surface area contributed by atoms with Gasteiger partial charge in [0.15, 0.2) is 0 Å². The Bertz CT molecular complexity index is 424. The normalized spacial score (nSPS) is 18.6. The summed E-state index contributed by atoms with van der Waals surface area (Å²) in [4.78, 5) is 2.54. The van der Waals surface area contributed by atoms with Crippen molar-refractivity contribution >= 4 is 0 Å². The molecule has 20 heavy (non-hydrogen) atoms. The first kappa shape index (κ1) is 15.1. The Morgan fingerprint density at radius 3 is 2.40 bits per heavy atom. The van der Waals surface area contributed by atoms with Crippen LogP contribution in [0.3, 0.4) is 0 Å². The fourth-order valence-corrected chi connectivity index (χ4v) is 3.14. The van der Waals surface area contributed by atoms with Gasteiger partial charge in [-0.1, -0.05) is 56.5 Å². The van der Waals surface area contributed by atoms with Gasteiger partial charge in [0, 0.05) is 0 Å². The molecule has 1 fully saturated rings. The Morgan fingerprint density at radius 2 is 1.80 bits per heavy atom. The van der Waals surface area contributed by atoms with Crippen molar-refractivity contribution in [2.45, 2.75) is 50.9 Å². The van der Waals surface area contributed by atoms with Gasteiger partial charge in [0.05, 0.1) is 11.5 Å². The van der Waals surface area contributed by atoms with E-state index in [1.807, 2.05) is 18.2 Å². The highest BCUT2D eigenvalue weighted by Gasteiger charge is 2.35. The zero-order valence-electron chi connectivity index (χ0n) is 12.6. The molecule has 1 aromatic carbocycles. The molecule has 1 aliphatic rings. The summed E-state index contributed by atoms with van der Waals surface area (Å²) in [5, 5.41) is 9.66. The molecule has 0 aliphatic carbocycles. The molecule has 1 heterocycles. The minimum Gasteiger partial charge on any atom is -0.303 e. The highest BCUT2D eigenvalue weighted by molar-refractivity contribution is 5.33. The van der Waals surface area contributed by atoms with Crippen molar-refractivity contribution in [1.82, 2.24) is 4.90 Å². The summed E-state index contributed by atoms with van der Waals surface area (Å²) in [6.07, 6.45) is 7.24.